The van der Waals surface area contributed by atoms with Crippen LogP contribution in [-0.4, -0.2) is 4.57 Å². The van der Waals surface area contributed by atoms with Crippen molar-refractivity contribution in [2.45, 2.75) is 26.2 Å². The number of para-hydroxylation sites is 4. The molecule has 234 valence electrons. The largest absolute Gasteiger partial charge is 0.309 e. The summed E-state index contributed by atoms with van der Waals surface area (Å²) in [5.74, 6) is 0. The molecule has 0 bridgehead atoms. The van der Waals surface area contributed by atoms with Crippen molar-refractivity contribution >= 4 is 65.9 Å². The predicted octanol–water partition coefficient (Wildman–Crippen LogP) is 13.1. The minimum absolute atomic E-state index is 0.0415. The van der Waals surface area contributed by atoms with E-state index in [9.17, 15) is 0 Å². The van der Waals surface area contributed by atoms with Gasteiger partial charge in [0, 0.05) is 39.2 Å². The number of fused-ring (bicyclic) bond motifs is 3. The molecule has 48 heavy (non-hydrogen) atoms. The summed E-state index contributed by atoms with van der Waals surface area (Å²) in [5, 5.41) is 4.81. The standard InChI is InChI=1S/C44H37N3S/c1-44(2,3)32-24-26-40-38(30-32)39-31-37(25-27-41(39)47(40)36-22-14-7-15-23-36)46(35-20-12-6-13-21-35)43-29-28-42(48-43)45(33-16-8-4-9-17-33)34-18-10-5-11-19-34/h4-31H,1-3H3. The SMILES string of the molecule is CC(C)(C)c1ccc2c(c1)c1cc(N(c3ccccc3)c3ccc(N(c4ccccc4)c4ccccc4)s3)ccc1n2-c1ccccc1. The Morgan fingerprint density at radius 3 is 1.38 bits per heavy atom. The molecule has 6 aromatic carbocycles. The molecule has 8 rings (SSSR count). The first-order valence-corrected chi connectivity index (χ1v) is 17.3. The Morgan fingerprint density at radius 2 is 0.875 bits per heavy atom. The molecular formula is C44H37N3S. The van der Waals surface area contributed by atoms with Crippen LogP contribution in [0.15, 0.2) is 170 Å². The van der Waals surface area contributed by atoms with Crippen LogP contribution in [0.3, 0.4) is 0 Å². The summed E-state index contributed by atoms with van der Waals surface area (Å²) in [6.07, 6.45) is 0. The summed E-state index contributed by atoms with van der Waals surface area (Å²) in [7, 11) is 0. The highest BCUT2D eigenvalue weighted by Gasteiger charge is 2.22. The van der Waals surface area contributed by atoms with Crippen molar-refractivity contribution in [3.63, 3.8) is 0 Å². The van der Waals surface area contributed by atoms with E-state index in [1.165, 1.54) is 33.1 Å². The number of rotatable bonds is 7. The van der Waals surface area contributed by atoms with E-state index in [1.54, 1.807) is 11.3 Å². The van der Waals surface area contributed by atoms with Gasteiger partial charge in [0.1, 0.15) is 10.0 Å². The fourth-order valence-electron chi connectivity index (χ4n) is 6.57. The number of anilines is 6. The van der Waals surface area contributed by atoms with E-state index in [4.69, 9.17) is 0 Å². The highest BCUT2D eigenvalue weighted by Crippen LogP contribution is 2.47. The van der Waals surface area contributed by atoms with Gasteiger partial charge in [-0.1, -0.05) is 111 Å². The average molecular weight is 640 g/mol. The van der Waals surface area contributed by atoms with Gasteiger partial charge >= 0.3 is 0 Å². The highest BCUT2D eigenvalue weighted by atomic mass is 32.1. The van der Waals surface area contributed by atoms with Gasteiger partial charge in [-0.05, 0) is 102 Å². The molecule has 0 aliphatic carbocycles. The molecule has 0 aliphatic heterocycles. The van der Waals surface area contributed by atoms with E-state index in [2.05, 4.69) is 205 Å². The Balaban J connectivity index is 1.32. The summed E-state index contributed by atoms with van der Waals surface area (Å²) < 4.78 is 2.40. The first-order chi connectivity index (χ1) is 23.5. The molecule has 0 N–H and O–H groups in total. The first-order valence-electron chi connectivity index (χ1n) is 16.5. The number of hydrogen-bond acceptors (Lipinski definition) is 3. The van der Waals surface area contributed by atoms with Crippen molar-refractivity contribution in [3.05, 3.63) is 175 Å². The zero-order valence-electron chi connectivity index (χ0n) is 27.4. The van der Waals surface area contributed by atoms with Gasteiger partial charge in [-0.3, -0.25) is 0 Å². The molecule has 0 spiro atoms. The van der Waals surface area contributed by atoms with E-state index >= 15 is 0 Å². The van der Waals surface area contributed by atoms with Crippen molar-refractivity contribution in [2.75, 3.05) is 9.80 Å². The maximum absolute atomic E-state index is 2.40. The van der Waals surface area contributed by atoms with Crippen LogP contribution in [0.4, 0.5) is 32.8 Å². The molecule has 0 aliphatic rings. The van der Waals surface area contributed by atoms with Crippen LogP contribution in [0.25, 0.3) is 27.5 Å². The third kappa shape index (κ3) is 5.44. The van der Waals surface area contributed by atoms with Crippen LogP contribution in [0, 0.1) is 0 Å². The number of thiophene rings is 1. The van der Waals surface area contributed by atoms with Crippen LogP contribution < -0.4 is 9.80 Å². The second-order valence-electron chi connectivity index (χ2n) is 13.1. The van der Waals surface area contributed by atoms with E-state index in [-0.39, 0.29) is 5.41 Å². The van der Waals surface area contributed by atoms with Crippen molar-refractivity contribution in [2.24, 2.45) is 0 Å². The Bertz CT molecular complexity index is 2280. The number of benzene rings is 6. The lowest BCUT2D eigenvalue weighted by molar-refractivity contribution is 0.591. The van der Waals surface area contributed by atoms with Gasteiger partial charge in [0.15, 0.2) is 0 Å². The molecule has 3 nitrogen and oxygen atoms in total. The van der Waals surface area contributed by atoms with E-state index in [1.807, 2.05) is 0 Å². The van der Waals surface area contributed by atoms with Crippen LogP contribution in [-0.2, 0) is 5.41 Å². The van der Waals surface area contributed by atoms with Gasteiger partial charge in [-0.2, -0.15) is 0 Å². The van der Waals surface area contributed by atoms with Crippen LogP contribution in [0.2, 0.25) is 0 Å². The molecule has 0 unspecified atom stereocenters. The van der Waals surface area contributed by atoms with Gasteiger partial charge in [0.25, 0.3) is 0 Å². The molecule has 0 amide bonds. The quantitative estimate of drug-likeness (QED) is 0.172. The van der Waals surface area contributed by atoms with Gasteiger partial charge in [0.05, 0.1) is 11.0 Å². The summed E-state index contributed by atoms with van der Waals surface area (Å²) in [6.45, 7) is 6.86. The van der Waals surface area contributed by atoms with Crippen LogP contribution in [0.5, 0.6) is 0 Å². The first kappa shape index (κ1) is 29.8. The molecule has 2 aromatic heterocycles. The van der Waals surface area contributed by atoms with E-state index in [0.717, 1.165) is 32.8 Å². The third-order valence-corrected chi connectivity index (χ3v) is 10.0. The van der Waals surface area contributed by atoms with E-state index in [0.29, 0.717) is 0 Å². The van der Waals surface area contributed by atoms with Gasteiger partial charge < -0.3 is 14.4 Å². The van der Waals surface area contributed by atoms with Crippen molar-refractivity contribution in [3.8, 4) is 5.69 Å². The van der Waals surface area contributed by atoms with Gasteiger partial charge in [-0.15, -0.1) is 0 Å². The lowest BCUT2D eigenvalue weighted by atomic mass is 9.86. The molecule has 0 saturated heterocycles. The average Bonchev–Trinajstić information content (AvgIpc) is 3.72. The predicted molar refractivity (Wildman–Crippen MR) is 207 cm³/mol. The maximum atomic E-state index is 2.40. The molecule has 0 radical (unpaired) electrons. The summed E-state index contributed by atoms with van der Waals surface area (Å²) >= 11 is 1.79. The molecule has 4 heteroatoms. The Morgan fingerprint density at radius 1 is 0.438 bits per heavy atom. The molecular weight excluding hydrogens is 603 g/mol. The van der Waals surface area contributed by atoms with Crippen molar-refractivity contribution in [1.29, 1.82) is 0 Å². The van der Waals surface area contributed by atoms with Crippen molar-refractivity contribution in [1.82, 2.24) is 4.57 Å². The summed E-state index contributed by atoms with van der Waals surface area (Å²) in [6, 6.07) is 61.0. The molecule has 8 aromatic rings. The topological polar surface area (TPSA) is 11.4 Å². The van der Waals surface area contributed by atoms with Crippen LogP contribution in [0.1, 0.15) is 26.3 Å². The number of nitrogens with zero attached hydrogens (tertiary/aromatic N) is 3. The Kier molecular flexibility index (Phi) is 7.59. The van der Waals surface area contributed by atoms with Crippen LogP contribution >= 0.6 is 11.3 Å². The fraction of sp³-hybridized carbons (Fsp3) is 0.0909. The minimum atomic E-state index is 0.0415. The Hall–Kier alpha value is -5.58. The third-order valence-electron chi connectivity index (χ3n) is 8.95. The molecule has 0 atom stereocenters. The second-order valence-corrected chi connectivity index (χ2v) is 14.2. The maximum Gasteiger partial charge on any atom is 0.102 e. The lowest BCUT2D eigenvalue weighted by Crippen LogP contribution is -2.10. The number of hydrogen-bond donors (Lipinski definition) is 0. The second kappa shape index (κ2) is 12.2. The van der Waals surface area contributed by atoms with Gasteiger partial charge in [0.2, 0.25) is 0 Å². The zero-order valence-corrected chi connectivity index (χ0v) is 28.2. The lowest BCUT2D eigenvalue weighted by Gasteiger charge is -2.25. The highest BCUT2D eigenvalue weighted by molar-refractivity contribution is 7.20. The van der Waals surface area contributed by atoms with Gasteiger partial charge in [-0.25, -0.2) is 0 Å². The normalized spacial score (nSPS) is 11.6. The monoisotopic (exact) mass is 639 g/mol. The Labute approximate surface area is 286 Å². The van der Waals surface area contributed by atoms with E-state index < -0.39 is 0 Å². The zero-order chi connectivity index (χ0) is 32.7. The summed E-state index contributed by atoms with van der Waals surface area (Å²) in [4.78, 5) is 4.73. The smallest absolute Gasteiger partial charge is 0.102 e. The molecule has 0 fully saturated rings. The number of aromatic nitrogens is 1. The molecule has 0 saturated carbocycles. The molecule has 2 heterocycles. The summed E-state index contributed by atoms with van der Waals surface area (Å²) in [5.41, 5.74) is 9.47. The minimum Gasteiger partial charge on any atom is -0.309 e. The van der Waals surface area contributed by atoms with Crippen molar-refractivity contribution < 1.29 is 0 Å². The fourth-order valence-corrected chi connectivity index (χ4v) is 7.66.